The molecule has 0 bridgehead atoms. The van der Waals surface area contributed by atoms with E-state index < -0.39 is 0 Å². The van der Waals surface area contributed by atoms with Gasteiger partial charge in [0.2, 0.25) is 0 Å². The molecule has 3 N–H and O–H groups in total. The van der Waals surface area contributed by atoms with Gasteiger partial charge in [-0.25, -0.2) is 0 Å². The third-order valence-electron chi connectivity index (χ3n) is 5.64. The van der Waals surface area contributed by atoms with Crippen molar-refractivity contribution in [2.24, 2.45) is 0 Å². The maximum Gasteiger partial charge on any atom is 0.257 e. The topological polar surface area (TPSA) is 63.9 Å². The van der Waals surface area contributed by atoms with Crippen LogP contribution in [0.3, 0.4) is 0 Å². The molecule has 0 saturated heterocycles. The van der Waals surface area contributed by atoms with Crippen molar-refractivity contribution in [2.75, 3.05) is 0 Å². The molecule has 158 valence electrons. The minimum absolute atomic E-state index is 0.208. The Hall–Kier alpha value is -3.90. The van der Waals surface area contributed by atoms with Gasteiger partial charge >= 0.3 is 0 Å². The second-order valence-electron chi connectivity index (χ2n) is 7.69. The van der Waals surface area contributed by atoms with Gasteiger partial charge in [-0.3, -0.25) is 10.1 Å². The summed E-state index contributed by atoms with van der Waals surface area (Å²) in [5.74, 6) is -0.208. The molecule has 5 nitrogen and oxygen atoms in total. The van der Waals surface area contributed by atoms with E-state index in [4.69, 9.17) is 12.2 Å². The summed E-state index contributed by atoms with van der Waals surface area (Å²) >= 11 is 5.73. The zero-order chi connectivity index (χ0) is 21.9. The quantitative estimate of drug-likeness (QED) is 0.324. The number of thiocarbonyl (C=S) groups is 1. The Morgan fingerprint density at radius 2 is 1.31 bits per heavy atom. The Morgan fingerprint density at radius 3 is 1.88 bits per heavy atom. The van der Waals surface area contributed by atoms with Crippen LogP contribution in [0.2, 0.25) is 0 Å². The smallest absolute Gasteiger partial charge is 0.257 e. The lowest BCUT2D eigenvalue weighted by Gasteiger charge is -2.26. The maximum absolute atomic E-state index is 12.8. The van der Waals surface area contributed by atoms with Gasteiger partial charge in [-0.15, -0.1) is 0 Å². The van der Waals surface area contributed by atoms with Gasteiger partial charge < -0.3 is 14.9 Å². The van der Waals surface area contributed by atoms with Gasteiger partial charge in [-0.1, -0.05) is 42.5 Å². The molecular weight excluding hydrogens is 416 g/mol. The molecule has 0 aliphatic heterocycles. The molecule has 1 amide bonds. The summed E-state index contributed by atoms with van der Waals surface area (Å²) in [7, 11) is 0. The number of carbonyl (C=O) groups excluding carboxylic acids is 1. The van der Waals surface area contributed by atoms with Crippen LogP contribution in [0.5, 0.6) is 0 Å². The van der Waals surface area contributed by atoms with Gasteiger partial charge in [-0.2, -0.15) is 0 Å². The predicted molar refractivity (Wildman–Crippen MR) is 132 cm³/mol. The molecule has 0 atom stereocenters. The third-order valence-corrected chi connectivity index (χ3v) is 6.00. The van der Waals surface area contributed by atoms with Gasteiger partial charge in [0.25, 0.3) is 5.91 Å². The highest BCUT2D eigenvalue weighted by atomic mass is 32.1. The fourth-order valence-electron chi connectivity index (χ4n) is 4.03. The van der Waals surface area contributed by atoms with E-state index in [9.17, 15) is 4.79 Å². The van der Waals surface area contributed by atoms with E-state index in [1.165, 1.54) is 0 Å². The van der Waals surface area contributed by atoms with E-state index in [2.05, 4.69) is 51.7 Å². The SMILES string of the molecule is O=C(NC(=S)N(Cc1cccc2[nH]ccc12)Cc1cccc2[nH]ccc12)c1ccccc1. The van der Waals surface area contributed by atoms with Crippen molar-refractivity contribution in [3.8, 4) is 0 Å². The van der Waals surface area contributed by atoms with E-state index in [1.807, 2.05) is 47.6 Å². The monoisotopic (exact) mass is 438 g/mol. The summed E-state index contributed by atoms with van der Waals surface area (Å²) in [6, 6.07) is 25.6. The molecule has 32 heavy (non-hydrogen) atoms. The summed E-state index contributed by atoms with van der Waals surface area (Å²) in [4.78, 5) is 21.3. The number of amides is 1. The average molecular weight is 439 g/mol. The van der Waals surface area contributed by atoms with Crippen molar-refractivity contribution in [3.63, 3.8) is 0 Å². The molecule has 6 heteroatoms. The number of rotatable bonds is 5. The zero-order valence-corrected chi connectivity index (χ0v) is 18.2. The van der Waals surface area contributed by atoms with Crippen molar-refractivity contribution < 1.29 is 4.79 Å². The van der Waals surface area contributed by atoms with Gasteiger partial charge in [0.1, 0.15) is 0 Å². The largest absolute Gasteiger partial charge is 0.361 e. The Bertz CT molecular complexity index is 1330. The third kappa shape index (κ3) is 4.00. The number of benzene rings is 3. The molecule has 0 aliphatic carbocycles. The minimum atomic E-state index is -0.208. The van der Waals surface area contributed by atoms with Crippen molar-refractivity contribution in [2.45, 2.75) is 13.1 Å². The number of hydrogen-bond acceptors (Lipinski definition) is 2. The first-order valence-electron chi connectivity index (χ1n) is 10.4. The van der Waals surface area contributed by atoms with Crippen LogP contribution in [0.1, 0.15) is 21.5 Å². The molecule has 5 rings (SSSR count). The molecule has 0 aliphatic rings. The molecule has 2 aromatic heterocycles. The Labute approximate surface area is 191 Å². The number of carbonyl (C=O) groups is 1. The van der Waals surface area contributed by atoms with Crippen LogP contribution in [-0.2, 0) is 13.1 Å². The van der Waals surface area contributed by atoms with Gasteiger partial charge in [0.05, 0.1) is 0 Å². The summed E-state index contributed by atoms with van der Waals surface area (Å²) in [5.41, 5.74) is 5.02. The zero-order valence-electron chi connectivity index (χ0n) is 17.3. The molecule has 0 unspecified atom stereocenters. The minimum Gasteiger partial charge on any atom is -0.361 e. The van der Waals surface area contributed by atoms with E-state index in [0.29, 0.717) is 23.8 Å². The second kappa shape index (κ2) is 8.69. The van der Waals surface area contributed by atoms with Gasteiger partial charge in [0, 0.05) is 52.9 Å². The van der Waals surface area contributed by atoms with Gasteiger partial charge in [0.15, 0.2) is 5.11 Å². The standard InChI is InChI=1S/C26H22N4OS/c31-25(18-6-2-1-3-7-18)29-26(32)30(16-19-8-4-10-23-21(19)12-14-27-23)17-20-9-5-11-24-22(20)13-15-28-24/h1-15,27-28H,16-17H2,(H,29,31,32). The fourth-order valence-corrected chi connectivity index (χ4v) is 4.25. The summed E-state index contributed by atoms with van der Waals surface area (Å²) in [6.45, 7) is 1.15. The molecule has 0 spiro atoms. The fraction of sp³-hybridized carbons (Fsp3) is 0.0769. The number of nitrogens with zero attached hydrogens (tertiary/aromatic N) is 1. The Kier molecular flexibility index (Phi) is 5.44. The van der Waals surface area contributed by atoms with E-state index in [1.54, 1.807) is 12.1 Å². The van der Waals surface area contributed by atoms with Crippen LogP contribution in [0.4, 0.5) is 0 Å². The van der Waals surface area contributed by atoms with Crippen molar-refractivity contribution in [1.82, 2.24) is 20.2 Å². The normalized spacial score (nSPS) is 11.0. The van der Waals surface area contributed by atoms with Crippen LogP contribution in [0.25, 0.3) is 21.8 Å². The first-order valence-corrected chi connectivity index (χ1v) is 10.8. The number of nitrogens with one attached hydrogen (secondary N) is 3. The number of fused-ring (bicyclic) bond motifs is 2. The van der Waals surface area contributed by atoms with Crippen molar-refractivity contribution in [1.29, 1.82) is 0 Å². The first kappa shape index (κ1) is 20.0. The lowest BCUT2D eigenvalue weighted by Crippen LogP contribution is -2.42. The average Bonchev–Trinajstić information content (AvgIpc) is 3.49. The van der Waals surface area contributed by atoms with Gasteiger partial charge in [-0.05, 0) is 59.7 Å². The predicted octanol–water partition coefficient (Wildman–Crippen LogP) is 5.37. The molecule has 2 heterocycles. The second-order valence-corrected chi connectivity index (χ2v) is 8.08. The Morgan fingerprint density at radius 1 is 0.750 bits per heavy atom. The first-order chi connectivity index (χ1) is 15.7. The highest BCUT2D eigenvalue weighted by Crippen LogP contribution is 2.23. The summed E-state index contributed by atoms with van der Waals surface area (Å²) < 4.78 is 0. The molecule has 3 aromatic carbocycles. The summed E-state index contributed by atoms with van der Waals surface area (Å²) in [5, 5.41) is 5.62. The molecule has 0 fully saturated rings. The number of aromatic nitrogens is 2. The number of hydrogen-bond donors (Lipinski definition) is 3. The van der Waals surface area contributed by atoms with Crippen molar-refractivity contribution in [3.05, 3.63) is 108 Å². The Balaban J connectivity index is 1.46. The van der Waals surface area contributed by atoms with Crippen LogP contribution in [0.15, 0.2) is 91.3 Å². The van der Waals surface area contributed by atoms with Crippen LogP contribution in [-0.4, -0.2) is 25.9 Å². The molecule has 5 aromatic rings. The summed E-state index contributed by atoms with van der Waals surface area (Å²) in [6.07, 6.45) is 3.88. The van der Waals surface area contributed by atoms with Crippen molar-refractivity contribution >= 4 is 45.0 Å². The van der Waals surface area contributed by atoms with E-state index >= 15 is 0 Å². The molecular formula is C26H22N4OS. The van der Waals surface area contributed by atoms with Crippen LogP contribution >= 0.6 is 12.2 Å². The van der Waals surface area contributed by atoms with E-state index in [-0.39, 0.29) is 5.91 Å². The number of aromatic amines is 2. The molecule has 0 saturated carbocycles. The maximum atomic E-state index is 12.8. The van der Waals surface area contributed by atoms with Crippen LogP contribution in [0, 0.1) is 0 Å². The lowest BCUT2D eigenvalue weighted by atomic mass is 10.1. The highest BCUT2D eigenvalue weighted by Gasteiger charge is 2.17. The highest BCUT2D eigenvalue weighted by molar-refractivity contribution is 7.80. The molecule has 0 radical (unpaired) electrons. The van der Waals surface area contributed by atoms with Crippen LogP contribution < -0.4 is 5.32 Å². The number of H-pyrrole nitrogens is 2. The van der Waals surface area contributed by atoms with E-state index in [0.717, 1.165) is 32.9 Å². The lowest BCUT2D eigenvalue weighted by molar-refractivity contribution is 0.0972.